The summed E-state index contributed by atoms with van der Waals surface area (Å²) in [6.07, 6.45) is 71.1. The van der Waals surface area contributed by atoms with Crippen LogP contribution in [-0.4, -0.2) is 37.2 Å². The highest BCUT2D eigenvalue weighted by Gasteiger charge is 2.19. The Kier molecular flexibility index (Phi) is 55.7. The lowest BCUT2D eigenvalue weighted by atomic mass is 10.0. The summed E-state index contributed by atoms with van der Waals surface area (Å²) < 4.78 is 16.9. The number of rotatable bonds is 55. The van der Waals surface area contributed by atoms with Gasteiger partial charge in [0.1, 0.15) is 13.2 Å². The molecule has 1 unspecified atom stereocenters. The molecule has 69 heavy (non-hydrogen) atoms. The maximum atomic E-state index is 12.9. The zero-order valence-corrected chi connectivity index (χ0v) is 46.1. The number of hydrogen-bond acceptors (Lipinski definition) is 6. The SMILES string of the molecule is CC/C=C\C/C=C\CCCCCCCCCC(=O)OCC(COC(=O)CCCCCCCCCCCCCCCCCCCCC)OC(=O)CCCCCCC/C=C\C=C/CCCCCCCCC. The summed E-state index contributed by atoms with van der Waals surface area (Å²) in [4.78, 5) is 38.2. The second kappa shape index (κ2) is 57.9. The van der Waals surface area contributed by atoms with E-state index < -0.39 is 6.10 Å². The molecular weight excluding hydrogens is 853 g/mol. The van der Waals surface area contributed by atoms with Crippen LogP contribution in [0, 0.1) is 0 Å². The van der Waals surface area contributed by atoms with Crippen molar-refractivity contribution in [1.82, 2.24) is 0 Å². The van der Waals surface area contributed by atoms with Gasteiger partial charge >= 0.3 is 17.9 Å². The second-order valence-corrected chi connectivity index (χ2v) is 20.3. The predicted octanol–water partition coefficient (Wildman–Crippen LogP) is 20.2. The summed E-state index contributed by atoms with van der Waals surface area (Å²) >= 11 is 0. The van der Waals surface area contributed by atoms with Crippen LogP contribution in [0.15, 0.2) is 48.6 Å². The first-order valence-corrected chi connectivity index (χ1v) is 30.2. The van der Waals surface area contributed by atoms with Crippen LogP contribution in [0.25, 0.3) is 0 Å². The van der Waals surface area contributed by atoms with Gasteiger partial charge in [-0.05, 0) is 70.6 Å². The van der Waals surface area contributed by atoms with Crippen LogP contribution in [0.4, 0.5) is 0 Å². The number of esters is 3. The molecular formula is C63H114O6. The van der Waals surface area contributed by atoms with E-state index in [0.717, 1.165) is 96.3 Å². The molecule has 0 saturated carbocycles. The van der Waals surface area contributed by atoms with Crippen LogP contribution in [0.2, 0.25) is 0 Å². The Bertz CT molecular complexity index is 1200. The summed E-state index contributed by atoms with van der Waals surface area (Å²) in [7, 11) is 0. The Morgan fingerprint density at radius 3 is 0.957 bits per heavy atom. The fraction of sp³-hybridized carbons (Fsp3) is 0.825. The van der Waals surface area contributed by atoms with Gasteiger partial charge in [0.25, 0.3) is 0 Å². The van der Waals surface area contributed by atoms with Gasteiger partial charge < -0.3 is 14.2 Å². The maximum absolute atomic E-state index is 12.9. The Hall–Kier alpha value is -2.63. The van der Waals surface area contributed by atoms with Crippen molar-refractivity contribution < 1.29 is 28.6 Å². The van der Waals surface area contributed by atoms with Gasteiger partial charge in [-0.2, -0.15) is 0 Å². The van der Waals surface area contributed by atoms with Crippen molar-refractivity contribution in [3.05, 3.63) is 48.6 Å². The highest BCUT2D eigenvalue weighted by molar-refractivity contribution is 5.71. The summed E-state index contributed by atoms with van der Waals surface area (Å²) in [5.41, 5.74) is 0. The molecule has 0 aromatic carbocycles. The normalized spacial score (nSPS) is 12.3. The van der Waals surface area contributed by atoms with E-state index in [1.165, 1.54) is 180 Å². The molecule has 0 spiro atoms. The largest absolute Gasteiger partial charge is 0.462 e. The molecule has 0 aliphatic heterocycles. The van der Waals surface area contributed by atoms with Crippen LogP contribution in [-0.2, 0) is 28.6 Å². The van der Waals surface area contributed by atoms with E-state index >= 15 is 0 Å². The number of carbonyl (C=O) groups excluding carboxylic acids is 3. The summed E-state index contributed by atoms with van der Waals surface area (Å²) in [6.45, 7) is 6.56. The number of allylic oxidation sites excluding steroid dienone is 8. The summed E-state index contributed by atoms with van der Waals surface area (Å²) in [6, 6.07) is 0. The molecule has 0 bridgehead atoms. The molecule has 1 atom stereocenters. The summed E-state index contributed by atoms with van der Waals surface area (Å²) in [5.74, 6) is -0.885. The Labute approximate surface area is 428 Å². The fourth-order valence-corrected chi connectivity index (χ4v) is 8.83. The first-order chi connectivity index (χ1) is 34.0. The van der Waals surface area contributed by atoms with Gasteiger partial charge in [0.2, 0.25) is 0 Å². The third-order valence-corrected chi connectivity index (χ3v) is 13.3. The van der Waals surface area contributed by atoms with E-state index in [1.807, 2.05) is 0 Å². The first-order valence-electron chi connectivity index (χ1n) is 30.2. The third kappa shape index (κ3) is 56.2. The van der Waals surface area contributed by atoms with Crippen LogP contribution < -0.4 is 0 Å². The van der Waals surface area contributed by atoms with Gasteiger partial charge in [0.15, 0.2) is 6.10 Å². The molecule has 0 fully saturated rings. The maximum Gasteiger partial charge on any atom is 0.306 e. The van der Waals surface area contributed by atoms with E-state index in [2.05, 4.69) is 69.4 Å². The molecule has 0 N–H and O–H groups in total. The zero-order valence-electron chi connectivity index (χ0n) is 46.1. The number of carbonyl (C=O) groups is 3. The average molecular weight is 968 g/mol. The van der Waals surface area contributed by atoms with Crippen molar-refractivity contribution in [3.63, 3.8) is 0 Å². The fourth-order valence-electron chi connectivity index (χ4n) is 8.83. The van der Waals surface area contributed by atoms with E-state index in [-0.39, 0.29) is 31.1 Å². The summed E-state index contributed by atoms with van der Waals surface area (Å²) in [5, 5.41) is 0. The highest BCUT2D eigenvalue weighted by Crippen LogP contribution is 2.17. The molecule has 402 valence electrons. The van der Waals surface area contributed by atoms with Crippen molar-refractivity contribution in [2.24, 2.45) is 0 Å². The molecule has 0 aliphatic rings. The molecule has 0 heterocycles. The smallest absolute Gasteiger partial charge is 0.306 e. The zero-order chi connectivity index (χ0) is 50.0. The van der Waals surface area contributed by atoms with Crippen molar-refractivity contribution in [1.29, 1.82) is 0 Å². The van der Waals surface area contributed by atoms with Crippen molar-refractivity contribution in [3.8, 4) is 0 Å². The lowest BCUT2D eigenvalue weighted by molar-refractivity contribution is -0.167. The van der Waals surface area contributed by atoms with Crippen LogP contribution >= 0.6 is 0 Å². The third-order valence-electron chi connectivity index (χ3n) is 13.3. The minimum absolute atomic E-state index is 0.0789. The van der Waals surface area contributed by atoms with E-state index in [9.17, 15) is 14.4 Å². The van der Waals surface area contributed by atoms with Gasteiger partial charge in [-0.3, -0.25) is 14.4 Å². The molecule has 0 rings (SSSR count). The second-order valence-electron chi connectivity index (χ2n) is 20.3. The monoisotopic (exact) mass is 967 g/mol. The minimum atomic E-state index is -0.783. The van der Waals surface area contributed by atoms with Crippen LogP contribution in [0.5, 0.6) is 0 Å². The van der Waals surface area contributed by atoms with E-state index in [4.69, 9.17) is 14.2 Å². The van der Waals surface area contributed by atoms with Crippen LogP contribution in [0.3, 0.4) is 0 Å². The molecule has 0 amide bonds. The highest BCUT2D eigenvalue weighted by atomic mass is 16.6. The standard InChI is InChI=1S/C63H114O6/c1-4-7-10-13-16-19-22-25-28-30-32-34-35-38-41-44-47-50-53-56-62(65)68-59-60(58-67-61(64)55-52-49-46-43-40-37-27-24-21-18-15-12-9-6-3)69-63(66)57-54-51-48-45-42-39-36-33-31-29-26-23-20-17-14-11-8-5-2/h9,12,18,21,29,31,33,36,60H,4-8,10-11,13-17,19-20,22-28,30,32,34-35,37-59H2,1-3H3/b12-9-,21-18-,31-29-,36-33-. The van der Waals surface area contributed by atoms with Gasteiger partial charge in [-0.15, -0.1) is 0 Å². The van der Waals surface area contributed by atoms with Crippen molar-refractivity contribution in [2.45, 2.75) is 322 Å². The molecule has 0 aromatic rings. The Morgan fingerprint density at radius 2 is 0.609 bits per heavy atom. The molecule has 6 heteroatoms. The quantitative estimate of drug-likeness (QED) is 0.0199. The van der Waals surface area contributed by atoms with E-state index in [0.29, 0.717) is 19.3 Å². The Balaban J connectivity index is 4.36. The van der Waals surface area contributed by atoms with Crippen molar-refractivity contribution >= 4 is 17.9 Å². The topological polar surface area (TPSA) is 78.9 Å². The first kappa shape index (κ1) is 66.4. The van der Waals surface area contributed by atoms with Gasteiger partial charge in [0.05, 0.1) is 0 Å². The number of hydrogen-bond donors (Lipinski definition) is 0. The van der Waals surface area contributed by atoms with E-state index in [1.54, 1.807) is 0 Å². The molecule has 0 aromatic heterocycles. The number of ether oxygens (including phenoxy) is 3. The molecule has 0 saturated heterocycles. The van der Waals surface area contributed by atoms with Gasteiger partial charge in [-0.1, -0.05) is 275 Å². The average Bonchev–Trinajstić information content (AvgIpc) is 3.35. The predicted molar refractivity (Wildman–Crippen MR) is 298 cm³/mol. The van der Waals surface area contributed by atoms with Crippen LogP contribution in [0.1, 0.15) is 316 Å². The lowest BCUT2D eigenvalue weighted by Crippen LogP contribution is -2.30. The Morgan fingerprint density at radius 1 is 0.319 bits per heavy atom. The van der Waals surface area contributed by atoms with Gasteiger partial charge in [-0.25, -0.2) is 0 Å². The van der Waals surface area contributed by atoms with Crippen molar-refractivity contribution in [2.75, 3.05) is 13.2 Å². The minimum Gasteiger partial charge on any atom is -0.462 e. The lowest BCUT2D eigenvalue weighted by Gasteiger charge is -2.18. The molecule has 0 radical (unpaired) electrons. The van der Waals surface area contributed by atoms with Gasteiger partial charge in [0, 0.05) is 19.3 Å². The molecule has 6 nitrogen and oxygen atoms in total. The number of unbranched alkanes of at least 4 members (excludes halogenated alkanes) is 37. The molecule has 0 aliphatic carbocycles.